The standard InChI is InChI=1S/C17H15ClN4OS/c18-12-3-1-11(2-4-12)16-20-14-5-7-22(9-13(14)17(23)21-16)10-15-19-6-8-24-15/h1-4,6,8H,5,7,9-10H2,(H,20,21,23). The van der Waals surface area contributed by atoms with Gasteiger partial charge in [0.05, 0.1) is 17.8 Å². The molecule has 0 saturated carbocycles. The highest BCUT2D eigenvalue weighted by molar-refractivity contribution is 7.09. The Bertz CT molecular complexity index is 905. The topological polar surface area (TPSA) is 61.9 Å². The number of rotatable bonds is 3. The van der Waals surface area contributed by atoms with Crippen LogP contribution in [0, 0.1) is 0 Å². The number of aromatic amines is 1. The molecule has 4 rings (SSSR count). The zero-order valence-electron chi connectivity index (χ0n) is 12.8. The molecule has 1 aliphatic heterocycles. The number of hydrogen-bond donors (Lipinski definition) is 1. The molecule has 0 saturated heterocycles. The van der Waals surface area contributed by atoms with E-state index >= 15 is 0 Å². The Morgan fingerprint density at radius 3 is 2.88 bits per heavy atom. The maximum absolute atomic E-state index is 12.5. The predicted octanol–water partition coefficient (Wildman–Crippen LogP) is 3.11. The van der Waals surface area contributed by atoms with Crippen molar-refractivity contribution in [1.29, 1.82) is 0 Å². The van der Waals surface area contributed by atoms with Gasteiger partial charge in [0.15, 0.2) is 0 Å². The van der Waals surface area contributed by atoms with Gasteiger partial charge in [-0.15, -0.1) is 11.3 Å². The largest absolute Gasteiger partial charge is 0.306 e. The van der Waals surface area contributed by atoms with Crippen molar-refractivity contribution in [2.45, 2.75) is 19.5 Å². The summed E-state index contributed by atoms with van der Waals surface area (Å²) in [5.41, 5.74) is 2.45. The van der Waals surface area contributed by atoms with E-state index in [-0.39, 0.29) is 5.56 Å². The normalized spacial score (nSPS) is 14.5. The van der Waals surface area contributed by atoms with E-state index in [2.05, 4.69) is 19.9 Å². The second-order valence-corrected chi connectivity index (χ2v) is 7.15. The Hall–Kier alpha value is -2.02. The van der Waals surface area contributed by atoms with Gasteiger partial charge in [-0.2, -0.15) is 0 Å². The first-order chi connectivity index (χ1) is 11.7. The maximum atomic E-state index is 12.5. The zero-order chi connectivity index (χ0) is 16.5. The number of H-pyrrole nitrogens is 1. The molecule has 1 aromatic carbocycles. The summed E-state index contributed by atoms with van der Waals surface area (Å²) in [6.45, 7) is 2.26. The number of thiazole rings is 1. The molecule has 3 aromatic rings. The second-order valence-electron chi connectivity index (χ2n) is 5.73. The average Bonchev–Trinajstić information content (AvgIpc) is 3.09. The van der Waals surface area contributed by atoms with Gasteiger partial charge in [0.1, 0.15) is 10.8 Å². The molecule has 2 aromatic heterocycles. The fourth-order valence-electron chi connectivity index (χ4n) is 2.88. The molecule has 24 heavy (non-hydrogen) atoms. The third-order valence-electron chi connectivity index (χ3n) is 4.11. The number of nitrogens with one attached hydrogen (secondary N) is 1. The SMILES string of the molecule is O=c1[nH]c(-c2ccc(Cl)cc2)nc2c1CN(Cc1nccs1)CC2. The highest BCUT2D eigenvalue weighted by Gasteiger charge is 2.22. The molecular weight excluding hydrogens is 344 g/mol. The van der Waals surface area contributed by atoms with E-state index in [0.29, 0.717) is 17.4 Å². The highest BCUT2D eigenvalue weighted by atomic mass is 35.5. The summed E-state index contributed by atoms with van der Waals surface area (Å²) < 4.78 is 0. The number of nitrogens with zero attached hydrogens (tertiary/aromatic N) is 3. The van der Waals surface area contributed by atoms with Crippen LogP contribution in [-0.4, -0.2) is 26.4 Å². The molecule has 0 bridgehead atoms. The first-order valence-electron chi connectivity index (χ1n) is 7.68. The van der Waals surface area contributed by atoms with E-state index in [0.717, 1.165) is 41.3 Å². The summed E-state index contributed by atoms with van der Waals surface area (Å²) in [4.78, 5) is 26.6. The monoisotopic (exact) mass is 358 g/mol. The lowest BCUT2D eigenvalue weighted by molar-refractivity contribution is 0.241. The van der Waals surface area contributed by atoms with Crippen LogP contribution in [0.5, 0.6) is 0 Å². The summed E-state index contributed by atoms with van der Waals surface area (Å²) in [7, 11) is 0. The molecule has 122 valence electrons. The van der Waals surface area contributed by atoms with Crippen molar-refractivity contribution >= 4 is 22.9 Å². The number of hydrogen-bond acceptors (Lipinski definition) is 5. The smallest absolute Gasteiger partial charge is 0.255 e. The Labute approximate surface area is 148 Å². The van der Waals surface area contributed by atoms with E-state index in [1.165, 1.54) is 0 Å². The summed E-state index contributed by atoms with van der Waals surface area (Å²) in [6.07, 6.45) is 2.58. The van der Waals surface area contributed by atoms with Gasteiger partial charge in [-0.1, -0.05) is 11.6 Å². The molecule has 0 atom stereocenters. The zero-order valence-corrected chi connectivity index (χ0v) is 14.4. The van der Waals surface area contributed by atoms with Crippen molar-refractivity contribution in [3.8, 4) is 11.4 Å². The molecule has 1 N–H and O–H groups in total. The van der Waals surface area contributed by atoms with Crippen molar-refractivity contribution < 1.29 is 0 Å². The Morgan fingerprint density at radius 2 is 2.12 bits per heavy atom. The predicted molar refractivity (Wildman–Crippen MR) is 95.2 cm³/mol. The van der Waals surface area contributed by atoms with Crippen molar-refractivity contribution in [2.24, 2.45) is 0 Å². The molecule has 0 radical (unpaired) electrons. The van der Waals surface area contributed by atoms with Crippen molar-refractivity contribution in [1.82, 2.24) is 19.9 Å². The summed E-state index contributed by atoms with van der Waals surface area (Å²) in [6, 6.07) is 7.33. The van der Waals surface area contributed by atoms with E-state index in [1.54, 1.807) is 23.5 Å². The molecule has 1 aliphatic rings. The Balaban J connectivity index is 1.61. The van der Waals surface area contributed by atoms with Crippen LogP contribution >= 0.6 is 22.9 Å². The van der Waals surface area contributed by atoms with Crippen LogP contribution in [-0.2, 0) is 19.5 Å². The third kappa shape index (κ3) is 3.13. The van der Waals surface area contributed by atoms with Crippen LogP contribution < -0.4 is 5.56 Å². The van der Waals surface area contributed by atoms with E-state index in [1.807, 2.05) is 23.7 Å². The van der Waals surface area contributed by atoms with E-state index in [9.17, 15) is 4.79 Å². The highest BCUT2D eigenvalue weighted by Crippen LogP contribution is 2.21. The van der Waals surface area contributed by atoms with Crippen molar-refractivity contribution in [2.75, 3.05) is 6.54 Å². The van der Waals surface area contributed by atoms with Gasteiger partial charge in [-0.05, 0) is 24.3 Å². The first kappa shape index (κ1) is 15.5. The minimum absolute atomic E-state index is 0.0613. The van der Waals surface area contributed by atoms with E-state index < -0.39 is 0 Å². The number of benzene rings is 1. The van der Waals surface area contributed by atoms with Gasteiger partial charge in [0, 0.05) is 41.7 Å². The molecule has 7 heteroatoms. The molecule has 0 fully saturated rings. The third-order valence-corrected chi connectivity index (χ3v) is 5.12. The Morgan fingerprint density at radius 1 is 1.29 bits per heavy atom. The summed E-state index contributed by atoms with van der Waals surface area (Å²) in [5.74, 6) is 0.601. The fourth-order valence-corrected chi connectivity index (χ4v) is 3.67. The molecule has 0 spiro atoms. The van der Waals surface area contributed by atoms with Crippen molar-refractivity contribution in [3.05, 3.63) is 67.5 Å². The second kappa shape index (κ2) is 6.47. The molecular formula is C17H15ClN4OS. The van der Waals surface area contributed by atoms with Crippen LogP contribution in [0.15, 0.2) is 40.6 Å². The average molecular weight is 359 g/mol. The van der Waals surface area contributed by atoms with Gasteiger partial charge in [0.25, 0.3) is 5.56 Å². The molecule has 0 amide bonds. The summed E-state index contributed by atoms with van der Waals surface area (Å²) in [5, 5.41) is 3.71. The lowest BCUT2D eigenvalue weighted by Crippen LogP contribution is -2.35. The quantitative estimate of drug-likeness (QED) is 0.781. The van der Waals surface area contributed by atoms with Crippen LogP contribution in [0.1, 0.15) is 16.3 Å². The summed E-state index contributed by atoms with van der Waals surface area (Å²) >= 11 is 7.56. The number of halogens is 1. The van der Waals surface area contributed by atoms with Crippen LogP contribution in [0.3, 0.4) is 0 Å². The molecule has 3 heterocycles. The van der Waals surface area contributed by atoms with Crippen LogP contribution in [0.25, 0.3) is 11.4 Å². The van der Waals surface area contributed by atoms with Crippen LogP contribution in [0.4, 0.5) is 0 Å². The maximum Gasteiger partial charge on any atom is 0.255 e. The number of fused-ring (bicyclic) bond motifs is 1. The number of aromatic nitrogens is 3. The molecule has 0 aliphatic carbocycles. The van der Waals surface area contributed by atoms with Gasteiger partial charge in [-0.25, -0.2) is 9.97 Å². The first-order valence-corrected chi connectivity index (χ1v) is 8.93. The van der Waals surface area contributed by atoms with Gasteiger partial charge >= 0.3 is 0 Å². The lowest BCUT2D eigenvalue weighted by Gasteiger charge is -2.26. The van der Waals surface area contributed by atoms with Crippen molar-refractivity contribution in [3.63, 3.8) is 0 Å². The van der Waals surface area contributed by atoms with Crippen LogP contribution in [0.2, 0.25) is 5.02 Å². The molecule has 5 nitrogen and oxygen atoms in total. The van der Waals surface area contributed by atoms with Gasteiger partial charge < -0.3 is 4.98 Å². The fraction of sp³-hybridized carbons (Fsp3) is 0.235. The van der Waals surface area contributed by atoms with E-state index in [4.69, 9.17) is 11.6 Å². The van der Waals surface area contributed by atoms with Gasteiger partial charge in [0.2, 0.25) is 0 Å². The molecule has 0 unspecified atom stereocenters. The minimum Gasteiger partial charge on any atom is -0.306 e. The van der Waals surface area contributed by atoms with Gasteiger partial charge in [-0.3, -0.25) is 9.69 Å². The Kier molecular flexibility index (Phi) is 4.18. The lowest BCUT2D eigenvalue weighted by atomic mass is 10.1. The minimum atomic E-state index is -0.0613.